The highest BCUT2D eigenvalue weighted by Gasteiger charge is 2.19. The number of carbonyl (C=O) groups excluding carboxylic acids is 1. The number of carbonyl (C=O) groups is 1. The molecule has 1 aliphatic heterocycles. The van der Waals surface area contributed by atoms with Crippen LogP contribution < -0.4 is 10.6 Å². The minimum absolute atomic E-state index is 0.0326. The summed E-state index contributed by atoms with van der Waals surface area (Å²) in [5.74, 6) is 0.0326. The summed E-state index contributed by atoms with van der Waals surface area (Å²) in [6, 6.07) is 5.50. The first-order chi connectivity index (χ1) is 9.99. The lowest BCUT2D eigenvalue weighted by molar-refractivity contribution is 0.0783. The Kier molecular flexibility index (Phi) is 5.07. The van der Waals surface area contributed by atoms with Crippen molar-refractivity contribution < 1.29 is 4.79 Å². The van der Waals surface area contributed by atoms with Gasteiger partial charge in [-0.25, -0.2) is 0 Å². The zero-order valence-electron chi connectivity index (χ0n) is 13.3. The lowest BCUT2D eigenvalue weighted by atomic mass is 10.1. The van der Waals surface area contributed by atoms with Crippen LogP contribution in [-0.4, -0.2) is 63.0 Å². The van der Waals surface area contributed by atoms with Gasteiger partial charge in [-0.05, 0) is 44.1 Å². The maximum absolute atomic E-state index is 12.7. The molecule has 1 aromatic carbocycles. The zero-order valence-corrected chi connectivity index (χ0v) is 13.3. The molecule has 2 rings (SSSR count). The van der Waals surface area contributed by atoms with Crippen LogP contribution in [0.4, 0.5) is 11.4 Å². The third-order valence-corrected chi connectivity index (χ3v) is 4.03. The third-order valence-electron chi connectivity index (χ3n) is 4.03. The van der Waals surface area contributed by atoms with Crippen LogP contribution >= 0.6 is 0 Å². The normalized spacial score (nSPS) is 15.2. The first-order valence-electron chi connectivity index (χ1n) is 7.53. The Morgan fingerprint density at radius 2 is 1.90 bits per heavy atom. The number of amides is 1. The Morgan fingerprint density at radius 1 is 1.24 bits per heavy atom. The van der Waals surface area contributed by atoms with Gasteiger partial charge in [-0.2, -0.15) is 0 Å². The fourth-order valence-electron chi connectivity index (χ4n) is 2.72. The maximum atomic E-state index is 12.7. The molecule has 5 heteroatoms. The summed E-state index contributed by atoms with van der Waals surface area (Å²) in [7, 11) is 5.74. The van der Waals surface area contributed by atoms with Crippen LogP contribution in [0.1, 0.15) is 23.2 Å². The van der Waals surface area contributed by atoms with E-state index in [1.54, 1.807) is 11.0 Å². The molecule has 1 heterocycles. The molecule has 1 fully saturated rings. The van der Waals surface area contributed by atoms with Crippen LogP contribution in [0.5, 0.6) is 0 Å². The highest BCUT2D eigenvalue weighted by Crippen LogP contribution is 2.22. The first-order valence-corrected chi connectivity index (χ1v) is 7.53. The van der Waals surface area contributed by atoms with Crippen molar-refractivity contribution in [1.82, 2.24) is 9.80 Å². The summed E-state index contributed by atoms with van der Waals surface area (Å²) >= 11 is 0. The van der Waals surface area contributed by atoms with Crippen LogP contribution in [0, 0.1) is 0 Å². The standard InChI is InChI=1S/C16H26N4O/c1-18(2)15-7-6-13(17)12-14(15)16(21)19(3)10-11-20-8-4-5-9-20/h6-7,12H,4-5,8-11,17H2,1-3H3. The number of likely N-dealkylation sites (N-methyl/N-ethyl adjacent to an activating group) is 1. The first kappa shape index (κ1) is 15.6. The Labute approximate surface area is 127 Å². The van der Waals surface area contributed by atoms with Gasteiger partial charge in [0.25, 0.3) is 5.91 Å². The van der Waals surface area contributed by atoms with E-state index in [0.29, 0.717) is 11.3 Å². The van der Waals surface area contributed by atoms with Gasteiger partial charge >= 0.3 is 0 Å². The molecule has 116 valence electrons. The van der Waals surface area contributed by atoms with E-state index >= 15 is 0 Å². The van der Waals surface area contributed by atoms with Gasteiger partial charge in [0.05, 0.1) is 5.56 Å². The average Bonchev–Trinajstić information content (AvgIpc) is 2.96. The zero-order chi connectivity index (χ0) is 15.4. The minimum Gasteiger partial charge on any atom is -0.399 e. The molecular weight excluding hydrogens is 264 g/mol. The molecule has 0 radical (unpaired) electrons. The molecular formula is C16H26N4O. The highest BCUT2D eigenvalue weighted by molar-refractivity contribution is 6.00. The largest absolute Gasteiger partial charge is 0.399 e. The molecule has 0 unspecified atom stereocenters. The van der Waals surface area contributed by atoms with Gasteiger partial charge in [0.15, 0.2) is 0 Å². The summed E-state index contributed by atoms with van der Waals surface area (Å²) in [6.45, 7) is 4.01. The lowest BCUT2D eigenvalue weighted by Gasteiger charge is -2.24. The van der Waals surface area contributed by atoms with Crippen LogP contribution in [0.25, 0.3) is 0 Å². The summed E-state index contributed by atoms with van der Waals surface area (Å²) in [5.41, 5.74) is 8.04. The van der Waals surface area contributed by atoms with Crippen LogP contribution in [0.15, 0.2) is 18.2 Å². The van der Waals surface area contributed by atoms with Gasteiger partial charge in [0, 0.05) is 45.6 Å². The molecule has 0 aliphatic carbocycles. The highest BCUT2D eigenvalue weighted by atomic mass is 16.2. The van der Waals surface area contributed by atoms with Gasteiger partial charge in [-0.1, -0.05) is 0 Å². The number of anilines is 2. The van der Waals surface area contributed by atoms with Crippen molar-refractivity contribution in [3.8, 4) is 0 Å². The molecule has 1 aromatic rings. The molecule has 0 spiro atoms. The van der Waals surface area contributed by atoms with Crippen molar-refractivity contribution in [3.63, 3.8) is 0 Å². The maximum Gasteiger partial charge on any atom is 0.255 e. The Bertz CT molecular complexity index is 495. The van der Waals surface area contributed by atoms with Crippen LogP contribution in [0.2, 0.25) is 0 Å². The number of benzene rings is 1. The Balaban J connectivity index is 2.05. The number of rotatable bonds is 5. The van der Waals surface area contributed by atoms with Crippen molar-refractivity contribution in [2.45, 2.75) is 12.8 Å². The van der Waals surface area contributed by atoms with Crippen molar-refractivity contribution in [1.29, 1.82) is 0 Å². The van der Waals surface area contributed by atoms with Crippen molar-refractivity contribution in [2.24, 2.45) is 0 Å². The second kappa shape index (κ2) is 6.80. The molecule has 0 atom stereocenters. The van der Waals surface area contributed by atoms with Crippen molar-refractivity contribution in [2.75, 3.05) is 58.0 Å². The van der Waals surface area contributed by atoms with E-state index in [9.17, 15) is 4.79 Å². The fraction of sp³-hybridized carbons (Fsp3) is 0.562. The van der Waals surface area contributed by atoms with Gasteiger partial charge in [0.1, 0.15) is 0 Å². The van der Waals surface area contributed by atoms with Gasteiger partial charge in [0.2, 0.25) is 0 Å². The number of nitrogens with two attached hydrogens (primary N) is 1. The predicted octanol–water partition coefficient (Wildman–Crippen LogP) is 1.50. The smallest absolute Gasteiger partial charge is 0.255 e. The number of nitrogen functional groups attached to an aromatic ring is 1. The van der Waals surface area contributed by atoms with E-state index in [2.05, 4.69) is 4.90 Å². The monoisotopic (exact) mass is 290 g/mol. The summed E-state index contributed by atoms with van der Waals surface area (Å²) < 4.78 is 0. The van der Waals surface area contributed by atoms with E-state index < -0.39 is 0 Å². The van der Waals surface area contributed by atoms with Crippen LogP contribution in [0.3, 0.4) is 0 Å². The van der Waals surface area contributed by atoms with Gasteiger partial charge < -0.3 is 20.4 Å². The molecule has 0 aromatic heterocycles. The van der Waals surface area contributed by atoms with E-state index in [0.717, 1.165) is 31.9 Å². The van der Waals surface area contributed by atoms with E-state index in [-0.39, 0.29) is 5.91 Å². The summed E-state index contributed by atoms with van der Waals surface area (Å²) in [6.07, 6.45) is 2.55. The van der Waals surface area contributed by atoms with Crippen molar-refractivity contribution >= 4 is 17.3 Å². The van der Waals surface area contributed by atoms with E-state index in [4.69, 9.17) is 5.73 Å². The quantitative estimate of drug-likeness (QED) is 0.835. The van der Waals surface area contributed by atoms with E-state index in [1.807, 2.05) is 38.2 Å². The number of likely N-dealkylation sites (tertiary alicyclic amines) is 1. The summed E-state index contributed by atoms with van der Waals surface area (Å²) in [4.78, 5) is 18.8. The average molecular weight is 290 g/mol. The third kappa shape index (κ3) is 3.88. The molecule has 0 bridgehead atoms. The molecule has 1 aliphatic rings. The number of hydrogen-bond donors (Lipinski definition) is 1. The minimum atomic E-state index is 0.0326. The molecule has 5 nitrogen and oxygen atoms in total. The molecule has 1 saturated heterocycles. The summed E-state index contributed by atoms with van der Waals surface area (Å²) in [5, 5.41) is 0. The molecule has 1 amide bonds. The second-order valence-corrected chi connectivity index (χ2v) is 5.95. The number of nitrogens with zero attached hydrogens (tertiary/aromatic N) is 3. The second-order valence-electron chi connectivity index (χ2n) is 5.95. The lowest BCUT2D eigenvalue weighted by Crippen LogP contribution is -2.35. The van der Waals surface area contributed by atoms with Crippen molar-refractivity contribution in [3.05, 3.63) is 23.8 Å². The predicted molar refractivity (Wildman–Crippen MR) is 87.8 cm³/mol. The van der Waals surface area contributed by atoms with E-state index in [1.165, 1.54) is 12.8 Å². The molecule has 2 N–H and O–H groups in total. The number of hydrogen-bond acceptors (Lipinski definition) is 4. The Morgan fingerprint density at radius 3 is 2.52 bits per heavy atom. The molecule has 21 heavy (non-hydrogen) atoms. The SMILES string of the molecule is CN(CCN1CCCC1)C(=O)c1cc(N)ccc1N(C)C. The fourth-order valence-corrected chi connectivity index (χ4v) is 2.72. The topological polar surface area (TPSA) is 52.8 Å². The van der Waals surface area contributed by atoms with Crippen LogP contribution in [-0.2, 0) is 0 Å². The molecule has 0 saturated carbocycles. The Hall–Kier alpha value is -1.75. The van der Waals surface area contributed by atoms with Gasteiger partial charge in [-0.3, -0.25) is 4.79 Å². The van der Waals surface area contributed by atoms with Gasteiger partial charge in [-0.15, -0.1) is 0 Å².